The SMILES string of the molecule is Cc1ccc2c(c1)c(C)cc[n+]2CC(N)=O.[Cl-]. The molecule has 2 N–H and O–H groups in total. The van der Waals surface area contributed by atoms with E-state index in [-0.39, 0.29) is 24.9 Å². The molecule has 0 aliphatic heterocycles. The zero-order valence-electron chi connectivity index (χ0n) is 9.90. The van der Waals surface area contributed by atoms with E-state index in [1.165, 1.54) is 16.5 Å². The van der Waals surface area contributed by atoms with Crippen molar-refractivity contribution in [3.63, 3.8) is 0 Å². The number of primary amides is 1. The lowest BCUT2D eigenvalue weighted by molar-refractivity contribution is -0.658. The number of amides is 1. The van der Waals surface area contributed by atoms with Crippen molar-refractivity contribution in [2.24, 2.45) is 5.73 Å². The third-order valence-electron chi connectivity index (χ3n) is 2.72. The van der Waals surface area contributed by atoms with Gasteiger partial charge in [0.05, 0.1) is 0 Å². The average molecular weight is 251 g/mol. The molecule has 1 heterocycles. The number of hydrogen-bond acceptors (Lipinski definition) is 1. The van der Waals surface area contributed by atoms with Crippen LogP contribution in [0.3, 0.4) is 0 Å². The molecule has 0 unspecified atom stereocenters. The molecule has 1 aromatic carbocycles. The highest BCUT2D eigenvalue weighted by Gasteiger charge is 2.12. The first-order valence-electron chi connectivity index (χ1n) is 5.25. The van der Waals surface area contributed by atoms with Crippen LogP contribution in [0.2, 0.25) is 0 Å². The molecule has 1 amide bonds. The van der Waals surface area contributed by atoms with Crippen LogP contribution < -0.4 is 22.7 Å². The van der Waals surface area contributed by atoms with Crippen LogP contribution in [0.1, 0.15) is 11.1 Å². The highest BCUT2D eigenvalue weighted by molar-refractivity contribution is 5.80. The summed E-state index contributed by atoms with van der Waals surface area (Å²) in [5.74, 6) is -0.323. The fourth-order valence-corrected chi connectivity index (χ4v) is 1.89. The van der Waals surface area contributed by atoms with E-state index in [4.69, 9.17) is 5.73 Å². The molecule has 2 aromatic rings. The number of fused-ring (bicyclic) bond motifs is 1. The largest absolute Gasteiger partial charge is 1.00 e. The van der Waals surface area contributed by atoms with E-state index in [9.17, 15) is 4.79 Å². The van der Waals surface area contributed by atoms with Crippen molar-refractivity contribution in [3.05, 3.63) is 41.6 Å². The Morgan fingerprint density at radius 1 is 1.29 bits per heavy atom. The lowest BCUT2D eigenvalue weighted by Gasteiger charge is -2.03. The van der Waals surface area contributed by atoms with Gasteiger partial charge in [-0.2, -0.15) is 4.57 Å². The molecular formula is C13H15ClN2O. The number of benzene rings is 1. The second-order valence-electron chi connectivity index (χ2n) is 4.11. The quantitative estimate of drug-likeness (QED) is 0.631. The number of aryl methyl sites for hydroxylation is 2. The maximum absolute atomic E-state index is 11.0. The summed E-state index contributed by atoms with van der Waals surface area (Å²) >= 11 is 0. The van der Waals surface area contributed by atoms with Gasteiger partial charge in [0, 0.05) is 17.5 Å². The molecule has 0 aliphatic carbocycles. The molecular weight excluding hydrogens is 236 g/mol. The van der Waals surface area contributed by atoms with E-state index in [1.807, 2.05) is 29.0 Å². The smallest absolute Gasteiger partial charge is 0.283 e. The number of aromatic nitrogens is 1. The van der Waals surface area contributed by atoms with Crippen molar-refractivity contribution in [2.75, 3.05) is 0 Å². The second kappa shape index (κ2) is 5.15. The van der Waals surface area contributed by atoms with Gasteiger partial charge in [0.25, 0.3) is 5.91 Å². The van der Waals surface area contributed by atoms with Gasteiger partial charge in [-0.05, 0) is 25.5 Å². The van der Waals surface area contributed by atoms with Crippen LogP contribution in [0.25, 0.3) is 10.9 Å². The van der Waals surface area contributed by atoms with Crippen LogP contribution in [0.5, 0.6) is 0 Å². The van der Waals surface area contributed by atoms with Crippen molar-refractivity contribution in [1.82, 2.24) is 0 Å². The first kappa shape index (κ1) is 13.5. The van der Waals surface area contributed by atoms with E-state index in [0.29, 0.717) is 0 Å². The molecule has 0 radical (unpaired) electrons. The minimum atomic E-state index is -0.323. The molecule has 0 spiro atoms. The zero-order chi connectivity index (χ0) is 11.7. The second-order valence-corrected chi connectivity index (χ2v) is 4.11. The Kier molecular flexibility index (Phi) is 4.07. The highest BCUT2D eigenvalue weighted by Crippen LogP contribution is 2.16. The van der Waals surface area contributed by atoms with Gasteiger partial charge < -0.3 is 18.1 Å². The van der Waals surface area contributed by atoms with Crippen LogP contribution in [0.4, 0.5) is 0 Å². The molecule has 0 fully saturated rings. The van der Waals surface area contributed by atoms with Gasteiger partial charge in [0.1, 0.15) is 0 Å². The van der Waals surface area contributed by atoms with Gasteiger partial charge in [-0.3, -0.25) is 4.79 Å². The van der Waals surface area contributed by atoms with E-state index in [2.05, 4.69) is 19.9 Å². The number of carbonyl (C=O) groups is 1. The number of rotatable bonds is 2. The summed E-state index contributed by atoms with van der Waals surface area (Å²) in [4.78, 5) is 11.0. The first-order chi connectivity index (χ1) is 7.58. The first-order valence-corrected chi connectivity index (χ1v) is 5.25. The predicted molar refractivity (Wildman–Crippen MR) is 62.8 cm³/mol. The van der Waals surface area contributed by atoms with Crippen molar-refractivity contribution < 1.29 is 21.8 Å². The Hall–Kier alpha value is -1.61. The third-order valence-corrected chi connectivity index (χ3v) is 2.72. The van der Waals surface area contributed by atoms with Gasteiger partial charge >= 0.3 is 0 Å². The number of halogens is 1. The zero-order valence-corrected chi connectivity index (χ0v) is 10.7. The van der Waals surface area contributed by atoms with E-state index >= 15 is 0 Å². The molecule has 0 aliphatic rings. The molecule has 90 valence electrons. The fraction of sp³-hybridized carbons (Fsp3) is 0.231. The van der Waals surface area contributed by atoms with Crippen LogP contribution in [-0.2, 0) is 11.3 Å². The maximum atomic E-state index is 11.0. The molecule has 0 saturated heterocycles. The van der Waals surface area contributed by atoms with E-state index in [0.717, 1.165) is 5.52 Å². The fourth-order valence-electron chi connectivity index (χ4n) is 1.89. The topological polar surface area (TPSA) is 47.0 Å². The van der Waals surface area contributed by atoms with Gasteiger partial charge in [0.15, 0.2) is 6.20 Å². The standard InChI is InChI=1S/C13H14N2O.ClH/c1-9-3-4-12-11(7-9)10(2)5-6-15(12)8-13(14)16;/h3-7H,8H2,1-2H3,(H-,14,16);1H. The van der Waals surface area contributed by atoms with Gasteiger partial charge in [-0.25, -0.2) is 0 Å². The number of hydrogen-bond donors (Lipinski definition) is 1. The van der Waals surface area contributed by atoms with E-state index in [1.54, 1.807) is 0 Å². The summed E-state index contributed by atoms with van der Waals surface area (Å²) in [5.41, 5.74) is 8.69. The summed E-state index contributed by atoms with van der Waals surface area (Å²) < 4.78 is 1.88. The number of nitrogens with two attached hydrogens (primary N) is 1. The molecule has 17 heavy (non-hydrogen) atoms. The summed E-state index contributed by atoms with van der Waals surface area (Å²) in [6.45, 7) is 4.35. The minimum absolute atomic E-state index is 0. The Labute approximate surface area is 107 Å². The Morgan fingerprint density at radius 2 is 2.00 bits per heavy atom. The van der Waals surface area contributed by atoms with Gasteiger partial charge in [-0.15, -0.1) is 0 Å². The normalized spacial score (nSPS) is 10.0. The third kappa shape index (κ3) is 2.74. The Morgan fingerprint density at radius 3 is 2.65 bits per heavy atom. The number of nitrogens with zero attached hydrogens (tertiary/aromatic N) is 1. The Bertz CT molecular complexity index is 567. The van der Waals surface area contributed by atoms with Crippen LogP contribution in [0.15, 0.2) is 30.5 Å². The van der Waals surface area contributed by atoms with Crippen molar-refractivity contribution >= 4 is 16.8 Å². The van der Waals surface area contributed by atoms with Gasteiger partial charge in [-0.1, -0.05) is 11.6 Å². The monoisotopic (exact) mass is 250 g/mol. The van der Waals surface area contributed by atoms with Crippen LogP contribution in [0, 0.1) is 13.8 Å². The Balaban J connectivity index is 0.00000144. The molecule has 0 bridgehead atoms. The van der Waals surface area contributed by atoms with Crippen molar-refractivity contribution in [3.8, 4) is 0 Å². The predicted octanol–water partition coefficient (Wildman–Crippen LogP) is -1.77. The van der Waals surface area contributed by atoms with Crippen molar-refractivity contribution in [1.29, 1.82) is 0 Å². The average Bonchev–Trinajstić information content (AvgIpc) is 2.22. The minimum Gasteiger partial charge on any atom is -1.00 e. The van der Waals surface area contributed by atoms with Crippen LogP contribution in [-0.4, -0.2) is 5.91 Å². The van der Waals surface area contributed by atoms with E-state index < -0.39 is 0 Å². The van der Waals surface area contributed by atoms with Crippen molar-refractivity contribution in [2.45, 2.75) is 20.4 Å². The molecule has 0 saturated carbocycles. The molecule has 2 rings (SSSR count). The summed E-state index contributed by atoms with van der Waals surface area (Å²) in [5, 5.41) is 1.17. The summed E-state index contributed by atoms with van der Waals surface area (Å²) in [6.07, 6.45) is 1.90. The lowest BCUT2D eigenvalue weighted by atomic mass is 10.1. The molecule has 4 heteroatoms. The van der Waals surface area contributed by atoms with Crippen LogP contribution >= 0.6 is 0 Å². The number of carbonyl (C=O) groups excluding carboxylic acids is 1. The number of pyridine rings is 1. The maximum Gasteiger partial charge on any atom is 0.283 e. The summed E-state index contributed by atoms with van der Waals surface area (Å²) in [6, 6.07) is 8.20. The highest BCUT2D eigenvalue weighted by atomic mass is 35.5. The molecule has 0 atom stereocenters. The molecule has 3 nitrogen and oxygen atoms in total. The van der Waals surface area contributed by atoms with Gasteiger partial charge in [0.2, 0.25) is 12.1 Å². The lowest BCUT2D eigenvalue weighted by Crippen LogP contribution is -3.00. The molecule has 1 aromatic heterocycles. The summed E-state index contributed by atoms with van der Waals surface area (Å²) in [7, 11) is 0.